The van der Waals surface area contributed by atoms with Gasteiger partial charge in [0.2, 0.25) is 5.91 Å². The Hall–Kier alpha value is -3.13. The first-order chi connectivity index (χ1) is 14.7. The molecule has 2 N–H and O–H groups in total. The highest BCUT2D eigenvalue weighted by molar-refractivity contribution is 8.15. The van der Waals surface area contributed by atoms with Gasteiger partial charge in [-0.15, -0.1) is 5.10 Å². The van der Waals surface area contributed by atoms with Crippen LogP contribution in [0.15, 0.2) is 64.8 Å². The number of hydrogen-bond donors (Lipinski definition) is 2. The first-order valence-electron chi connectivity index (χ1n) is 9.71. The van der Waals surface area contributed by atoms with Gasteiger partial charge in [-0.2, -0.15) is 5.10 Å². The average molecular weight is 425 g/mol. The van der Waals surface area contributed by atoms with Crippen molar-refractivity contribution in [1.29, 1.82) is 0 Å². The van der Waals surface area contributed by atoms with E-state index in [1.165, 1.54) is 11.8 Å². The molecule has 0 bridgehead atoms. The molecular formula is C22H24N4O3S. The minimum atomic E-state index is -0.176. The predicted octanol–water partition coefficient (Wildman–Crippen LogP) is 3.22. The third kappa shape index (κ3) is 6.45. The number of rotatable bonds is 9. The summed E-state index contributed by atoms with van der Waals surface area (Å²) in [6.07, 6.45) is 3.99. The van der Waals surface area contributed by atoms with Crippen molar-refractivity contribution in [3.05, 3.63) is 65.7 Å². The average Bonchev–Trinajstić information content (AvgIpc) is 3.13. The molecule has 1 aliphatic rings. The standard InChI is InChI=1S/C22H24N4O3S/c1-29-18-12-10-16(11-13-18)15-24-26-22-25-21(28)19(30-22)9-5-6-14-23-20(27)17-7-3-2-4-8-17/h2-4,7-8,10-13,15,19H,5-6,9,14H2,1H3,(H,23,27)(H,25,26,28)/b24-15-/t19-/m0/s1. The number of thioether (sulfide) groups is 1. The summed E-state index contributed by atoms with van der Waals surface area (Å²) in [4.78, 5) is 24.1. The quantitative estimate of drug-likeness (QED) is 0.367. The van der Waals surface area contributed by atoms with Crippen molar-refractivity contribution in [3.8, 4) is 5.75 Å². The molecule has 0 aromatic heterocycles. The molecule has 0 saturated carbocycles. The lowest BCUT2D eigenvalue weighted by Crippen LogP contribution is -2.26. The molecule has 1 atom stereocenters. The molecule has 0 radical (unpaired) electrons. The van der Waals surface area contributed by atoms with Crippen LogP contribution in [0.5, 0.6) is 5.75 Å². The van der Waals surface area contributed by atoms with Gasteiger partial charge in [0.1, 0.15) is 5.75 Å². The molecule has 2 amide bonds. The van der Waals surface area contributed by atoms with E-state index >= 15 is 0 Å². The van der Waals surface area contributed by atoms with Crippen molar-refractivity contribution in [1.82, 2.24) is 10.6 Å². The molecular weight excluding hydrogens is 400 g/mol. The largest absolute Gasteiger partial charge is 0.497 e. The SMILES string of the molecule is COc1ccc(/C=N\N=C2\NC(=O)[C@H](CCCCNC(=O)c3ccccc3)S2)cc1. The second-order valence-corrected chi connectivity index (χ2v) is 7.83. The maximum atomic E-state index is 12.1. The maximum absolute atomic E-state index is 12.1. The normalized spacial score (nSPS) is 17.3. The summed E-state index contributed by atoms with van der Waals surface area (Å²) in [7, 11) is 1.62. The zero-order valence-corrected chi connectivity index (χ0v) is 17.5. The van der Waals surface area contributed by atoms with E-state index in [0.29, 0.717) is 17.3 Å². The third-order valence-corrected chi connectivity index (χ3v) is 5.60. The lowest BCUT2D eigenvalue weighted by molar-refractivity contribution is -0.118. The molecule has 1 aliphatic heterocycles. The fourth-order valence-electron chi connectivity index (χ4n) is 2.83. The Kier molecular flexibility index (Phi) is 8.02. The highest BCUT2D eigenvalue weighted by Gasteiger charge is 2.29. The van der Waals surface area contributed by atoms with Crippen LogP contribution >= 0.6 is 11.8 Å². The Morgan fingerprint density at radius 3 is 2.67 bits per heavy atom. The van der Waals surface area contributed by atoms with Crippen LogP contribution < -0.4 is 15.4 Å². The molecule has 1 fully saturated rings. The number of nitrogens with one attached hydrogen (secondary N) is 2. The Labute approximate surface area is 180 Å². The van der Waals surface area contributed by atoms with Crippen LogP contribution in [-0.4, -0.2) is 42.1 Å². The van der Waals surface area contributed by atoms with Crippen LogP contribution in [0.25, 0.3) is 0 Å². The second kappa shape index (κ2) is 11.2. The van der Waals surface area contributed by atoms with Crippen molar-refractivity contribution < 1.29 is 14.3 Å². The summed E-state index contributed by atoms with van der Waals surface area (Å²) >= 11 is 1.39. The molecule has 0 spiro atoms. The van der Waals surface area contributed by atoms with E-state index in [1.54, 1.807) is 25.5 Å². The van der Waals surface area contributed by atoms with Gasteiger partial charge in [0.15, 0.2) is 5.17 Å². The van der Waals surface area contributed by atoms with Crippen molar-refractivity contribution in [2.75, 3.05) is 13.7 Å². The summed E-state index contributed by atoms with van der Waals surface area (Å²) in [5, 5.41) is 14.1. The van der Waals surface area contributed by atoms with E-state index < -0.39 is 0 Å². The molecule has 1 saturated heterocycles. The number of hydrogen-bond acceptors (Lipinski definition) is 6. The predicted molar refractivity (Wildman–Crippen MR) is 120 cm³/mol. The number of methoxy groups -OCH3 is 1. The van der Waals surface area contributed by atoms with Crippen LogP contribution in [0.3, 0.4) is 0 Å². The third-order valence-electron chi connectivity index (χ3n) is 4.46. The second-order valence-electron chi connectivity index (χ2n) is 6.64. The molecule has 0 aliphatic carbocycles. The smallest absolute Gasteiger partial charge is 0.251 e. The van der Waals surface area contributed by atoms with Gasteiger partial charge in [-0.25, -0.2) is 0 Å². The fourth-order valence-corrected chi connectivity index (χ4v) is 3.80. The number of carbonyl (C=O) groups excluding carboxylic acids is 2. The topological polar surface area (TPSA) is 92.2 Å². The van der Waals surface area contributed by atoms with Gasteiger partial charge in [-0.3, -0.25) is 9.59 Å². The Morgan fingerprint density at radius 2 is 1.93 bits per heavy atom. The number of carbonyl (C=O) groups is 2. The number of nitrogens with zero attached hydrogens (tertiary/aromatic N) is 2. The van der Waals surface area contributed by atoms with Gasteiger partial charge in [0, 0.05) is 12.1 Å². The molecule has 8 heteroatoms. The Morgan fingerprint density at radius 1 is 1.17 bits per heavy atom. The number of ether oxygens (including phenoxy) is 1. The molecule has 3 rings (SSSR count). The van der Waals surface area contributed by atoms with Crippen LogP contribution in [0.1, 0.15) is 35.2 Å². The van der Waals surface area contributed by atoms with Crippen LogP contribution in [-0.2, 0) is 4.79 Å². The lowest BCUT2D eigenvalue weighted by Gasteiger charge is -2.07. The molecule has 1 heterocycles. The zero-order valence-electron chi connectivity index (χ0n) is 16.7. The number of benzene rings is 2. The molecule has 30 heavy (non-hydrogen) atoms. The van der Waals surface area contributed by atoms with Gasteiger partial charge in [0.05, 0.1) is 18.6 Å². The van der Waals surface area contributed by atoms with Gasteiger partial charge in [-0.05, 0) is 54.8 Å². The van der Waals surface area contributed by atoms with Crippen molar-refractivity contribution in [3.63, 3.8) is 0 Å². The van der Waals surface area contributed by atoms with Gasteiger partial charge in [-0.1, -0.05) is 36.4 Å². The van der Waals surface area contributed by atoms with Gasteiger partial charge < -0.3 is 15.4 Å². The molecule has 2 aromatic rings. The molecule has 2 aromatic carbocycles. The summed E-state index contributed by atoms with van der Waals surface area (Å²) in [5.41, 5.74) is 1.54. The summed E-state index contributed by atoms with van der Waals surface area (Å²) < 4.78 is 5.11. The number of unbranched alkanes of at least 4 members (excludes halogenated alkanes) is 1. The summed E-state index contributed by atoms with van der Waals surface area (Å²) in [5.74, 6) is 0.652. The van der Waals surface area contributed by atoms with E-state index in [1.807, 2.05) is 42.5 Å². The highest BCUT2D eigenvalue weighted by atomic mass is 32.2. The molecule has 156 valence electrons. The summed E-state index contributed by atoms with van der Waals surface area (Å²) in [6, 6.07) is 16.6. The Bertz CT molecular complexity index is 914. The van der Waals surface area contributed by atoms with Crippen molar-refractivity contribution in [2.24, 2.45) is 10.2 Å². The summed E-state index contributed by atoms with van der Waals surface area (Å²) in [6.45, 7) is 0.583. The fraction of sp³-hybridized carbons (Fsp3) is 0.273. The van der Waals surface area contributed by atoms with E-state index in [4.69, 9.17) is 4.74 Å². The molecule has 7 nitrogen and oxygen atoms in total. The van der Waals surface area contributed by atoms with E-state index in [2.05, 4.69) is 20.8 Å². The van der Waals surface area contributed by atoms with E-state index in [-0.39, 0.29) is 17.1 Å². The molecule has 0 unspecified atom stereocenters. The first-order valence-corrected chi connectivity index (χ1v) is 10.6. The van der Waals surface area contributed by atoms with Crippen molar-refractivity contribution >= 4 is 35.0 Å². The van der Waals surface area contributed by atoms with Gasteiger partial charge in [0.25, 0.3) is 5.91 Å². The van der Waals surface area contributed by atoms with Gasteiger partial charge >= 0.3 is 0 Å². The monoisotopic (exact) mass is 424 g/mol. The Balaban J connectivity index is 1.37. The maximum Gasteiger partial charge on any atom is 0.251 e. The highest BCUT2D eigenvalue weighted by Crippen LogP contribution is 2.24. The van der Waals surface area contributed by atoms with E-state index in [0.717, 1.165) is 30.6 Å². The minimum Gasteiger partial charge on any atom is -0.497 e. The van der Waals surface area contributed by atoms with E-state index in [9.17, 15) is 9.59 Å². The minimum absolute atomic E-state index is 0.0493. The van der Waals surface area contributed by atoms with Crippen LogP contribution in [0, 0.1) is 0 Å². The van der Waals surface area contributed by atoms with Crippen LogP contribution in [0.4, 0.5) is 0 Å². The first kappa shape index (κ1) is 21.6. The lowest BCUT2D eigenvalue weighted by atomic mass is 10.1. The zero-order chi connectivity index (χ0) is 21.2. The number of amidine groups is 1. The van der Waals surface area contributed by atoms with Crippen LogP contribution in [0.2, 0.25) is 0 Å². The number of amides is 2. The van der Waals surface area contributed by atoms with Crippen molar-refractivity contribution in [2.45, 2.75) is 24.5 Å².